The zero-order chi connectivity index (χ0) is 21.3. The minimum atomic E-state index is -1.34. The lowest BCUT2D eigenvalue weighted by molar-refractivity contribution is 0.0676. The summed E-state index contributed by atoms with van der Waals surface area (Å²) in [5.41, 5.74) is -0.745. The van der Waals surface area contributed by atoms with Crippen molar-refractivity contribution in [3.63, 3.8) is 0 Å². The topological polar surface area (TPSA) is 180 Å². The Kier molecular flexibility index (Phi) is 4.79. The van der Waals surface area contributed by atoms with Crippen molar-refractivity contribution in [1.82, 2.24) is 15.0 Å². The summed E-state index contributed by atoms with van der Waals surface area (Å²) in [4.78, 5) is 45.0. The number of carboxylic acid groups (broad SMARTS) is 4. The molecular weight excluding hydrogens is 386 g/mol. The Morgan fingerprint density at radius 2 is 1.07 bits per heavy atom. The van der Waals surface area contributed by atoms with Crippen LogP contribution in [0, 0.1) is 0 Å². The van der Waals surface area contributed by atoms with Crippen molar-refractivity contribution in [2.24, 2.45) is 0 Å². The first-order valence-corrected chi connectivity index (χ1v) is 7.82. The highest BCUT2D eigenvalue weighted by Crippen LogP contribution is 2.23. The maximum atomic E-state index is 11.2. The Morgan fingerprint density at radius 1 is 0.655 bits per heavy atom. The molecule has 0 unspecified atom stereocenters. The lowest BCUT2D eigenvalue weighted by Crippen LogP contribution is -2.06. The van der Waals surface area contributed by atoms with Gasteiger partial charge in [0.2, 0.25) is 0 Å². The predicted molar refractivity (Wildman–Crippen MR) is 94.6 cm³/mol. The highest BCUT2D eigenvalue weighted by atomic mass is 16.4. The van der Waals surface area contributed by atoms with Crippen LogP contribution in [0.2, 0.25) is 0 Å². The molecule has 2 aromatic carbocycles. The Morgan fingerprint density at radius 3 is 1.48 bits per heavy atom. The molecule has 3 aromatic rings. The second kappa shape index (κ2) is 7.23. The average Bonchev–Trinajstić information content (AvgIpc) is 3.17. The number of hydrogen-bond acceptors (Lipinski definition) is 6. The molecular formula is C18H11N3O8. The second-order valence-electron chi connectivity index (χ2n) is 5.84. The first-order valence-electron chi connectivity index (χ1n) is 7.82. The third kappa shape index (κ3) is 3.93. The van der Waals surface area contributed by atoms with E-state index < -0.39 is 23.9 Å². The van der Waals surface area contributed by atoms with Crippen LogP contribution in [0.5, 0.6) is 0 Å². The normalized spacial score (nSPS) is 10.5. The van der Waals surface area contributed by atoms with E-state index in [4.69, 9.17) is 20.4 Å². The highest BCUT2D eigenvalue weighted by molar-refractivity contribution is 5.96. The quantitative estimate of drug-likeness (QED) is 0.478. The minimum absolute atomic E-state index is 0.0916. The molecule has 11 heteroatoms. The molecule has 0 aliphatic heterocycles. The van der Waals surface area contributed by atoms with Gasteiger partial charge in [0.05, 0.1) is 34.1 Å². The summed E-state index contributed by atoms with van der Waals surface area (Å²) in [6, 6.07) is 6.77. The number of rotatable bonds is 6. The van der Waals surface area contributed by atoms with Gasteiger partial charge in [-0.15, -0.1) is 5.10 Å². The number of carbonyl (C=O) groups is 4. The van der Waals surface area contributed by atoms with Gasteiger partial charge in [0.25, 0.3) is 0 Å². The summed E-state index contributed by atoms with van der Waals surface area (Å²) in [7, 11) is 0. The number of aromatic carboxylic acids is 4. The summed E-state index contributed by atoms with van der Waals surface area (Å²) in [6.45, 7) is 0. The number of nitrogens with zero attached hydrogens (tertiary/aromatic N) is 3. The van der Waals surface area contributed by atoms with Gasteiger partial charge in [-0.1, -0.05) is 5.21 Å². The molecule has 0 fully saturated rings. The van der Waals surface area contributed by atoms with Gasteiger partial charge < -0.3 is 20.4 Å². The smallest absolute Gasteiger partial charge is 0.335 e. The van der Waals surface area contributed by atoms with Crippen molar-refractivity contribution >= 4 is 23.9 Å². The van der Waals surface area contributed by atoms with Crippen LogP contribution in [0.4, 0.5) is 0 Å². The molecule has 3 rings (SSSR count). The fourth-order valence-corrected chi connectivity index (χ4v) is 2.54. The standard InChI is InChI=1S/C18H11N3O8/c22-15(23)9-1-8(2-10(3-9)16(24)25)14-7-21(20-19-14)13-5-11(17(26)27)4-12(6-13)18(28)29/h1-7H,(H,22,23)(H,24,25)(H,26,27)(H,28,29). The molecule has 0 bridgehead atoms. The first-order chi connectivity index (χ1) is 13.7. The number of aromatic nitrogens is 3. The second-order valence-corrected chi connectivity index (χ2v) is 5.84. The van der Waals surface area contributed by atoms with Crippen LogP contribution in [-0.4, -0.2) is 59.3 Å². The zero-order valence-corrected chi connectivity index (χ0v) is 14.3. The van der Waals surface area contributed by atoms with Crippen molar-refractivity contribution in [2.75, 3.05) is 0 Å². The molecule has 0 radical (unpaired) electrons. The Labute approximate surface area is 161 Å². The molecule has 0 saturated carbocycles. The van der Waals surface area contributed by atoms with E-state index in [1.165, 1.54) is 30.5 Å². The van der Waals surface area contributed by atoms with E-state index in [2.05, 4.69) is 10.3 Å². The van der Waals surface area contributed by atoms with Gasteiger partial charge in [-0.3, -0.25) is 0 Å². The largest absolute Gasteiger partial charge is 0.478 e. The number of carboxylic acids is 4. The fraction of sp³-hybridized carbons (Fsp3) is 0. The molecule has 1 heterocycles. The van der Waals surface area contributed by atoms with E-state index in [0.29, 0.717) is 0 Å². The minimum Gasteiger partial charge on any atom is -0.478 e. The molecule has 146 valence electrons. The summed E-state index contributed by atoms with van der Waals surface area (Å²) < 4.78 is 1.10. The lowest BCUT2D eigenvalue weighted by Gasteiger charge is -2.05. The molecule has 0 saturated heterocycles. The van der Waals surface area contributed by atoms with Crippen LogP contribution in [0.25, 0.3) is 16.9 Å². The van der Waals surface area contributed by atoms with Crippen LogP contribution in [0.1, 0.15) is 41.4 Å². The lowest BCUT2D eigenvalue weighted by atomic mass is 10.0. The third-order valence-corrected chi connectivity index (χ3v) is 3.89. The molecule has 4 N–H and O–H groups in total. The van der Waals surface area contributed by atoms with Crippen molar-refractivity contribution in [3.8, 4) is 16.9 Å². The molecule has 11 nitrogen and oxygen atoms in total. The first kappa shape index (κ1) is 19.2. The van der Waals surface area contributed by atoms with Crippen LogP contribution in [-0.2, 0) is 0 Å². The van der Waals surface area contributed by atoms with E-state index in [0.717, 1.165) is 16.8 Å². The predicted octanol–water partition coefficient (Wildman–Crippen LogP) is 1.73. The van der Waals surface area contributed by atoms with Crippen LogP contribution < -0.4 is 0 Å². The van der Waals surface area contributed by atoms with E-state index in [1.807, 2.05) is 0 Å². The molecule has 0 atom stereocenters. The maximum absolute atomic E-state index is 11.2. The molecule has 1 aromatic heterocycles. The zero-order valence-electron chi connectivity index (χ0n) is 14.3. The summed E-state index contributed by atoms with van der Waals surface area (Å²) in [5, 5.41) is 44.3. The van der Waals surface area contributed by atoms with Gasteiger partial charge in [0.1, 0.15) is 5.69 Å². The summed E-state index contributed by atoms with van der Waals surface area (Å²) in [5.74, 6) is -5.34. The van der Waals surface area contributed by atoms with Gasteiger partial charge in [-0.05, 0) is 36.4 Å². The van der Waals surface area contributed by atoms with Gasteiger partial charge >= 0.3 is 23.9 Å². The Bertz CT molecular complexity index is 1030. The Hall–Kier alpha value is -4.54. The van der Waals surface area contributed by atoms with E-state index in [-0.39, 0.29) is 39.2 Å². The Balaban J connectivity index is 2.11. The molecule has 29 heavy (non-hydrogen) atoms. The van der Waals surface area contributed by atoms with E-state index in [1.54, 1.807) is 0 Å². The summed E-state index contributed by atoms with van der Waals surface area (Å²) >= 11 is 0. The number of hydrogen-bond donors (Lipinski definition) is 4. The van der Waals surface area contributed by atoms with Crippen molar-refractivity contribution in [1.29, 1.82) is 0 Å². The molecule has 0 amide bonds. The summed E-state index contributed by atoms with van der Waals surface area (Å²) in [6.07, 6.45) is 1.29. The third-order valence-electron chi connectivity index (χ3n) is 3.89. The van der Waals surface area contributed by atoms with Gasteiger partial charge in [0, 0.05) is 5.56 Å². The van der Waals surface area contributed by atoms with Crippen molar-refractivity contribution < 1.29 is 39.6 Å². The molecule has 0 spiro atoms. The monoisotopic (exact) mass is 397 g/mol. The van der Waals surface area contributed by atoms with Crippen molar-refractivity contribution in [2.45, 2.75) is 0 Å². The SMILES string of the molecule is O=C(O)c1cc(C(=O)O)cc(-c2cn(-c3cc(C(=O)O)cc(C(=O)O)c3)nn2)c1. The van der Waals surface area contributed by atoms with Crippen LogP contribution >= 0.6 is 0 Å². The van der Waals surface area contributed by atoms with Gasteiger partial charge in [-0.25, -0.2) is 23.9 Å². The van der Waals surface area contributed by atoms with E-state index in [9.17, 15) is 19.2 Å². The average molecular weight is 397 g/mol. The molecule has 0 aliphatic carbocycles. The van der Waals surface area contributed by atoms with E-state index >= 15 is 0 Å². The van der Waals surface area contributed by atoms with Gasteiger partial charge in [0.15, 0.2) is 0 Å². The molecule has 0 aliphatic rings. The number of benzene rings is 2. The maximum Gasteiger partial charge on any atom is 0.335 e. The van der Waals surface area contributed by atoms with Crippen LogP contribution in [0.3, 0.4) is 0 Å². The van der Waals surface area contributed by atoms with Gasteiger partial charge in [-0.2, -0.15) is 0 Å². The highest BCUT2D eigenvalue weighted by Gasteiger charge is 2.16. The van der Waals surface area contributed by atoms with Crippen LogP contribution in [0.15, 0.2) is 42.6 Å². The van der Waals surface area contributed by atoms with Crippen molar-refractivity contribution in [3.05, 3.63) is 64.8 Å². The fourth-order valence-electron chi connectivity index (χ4n) is 2.54.